The molecule has 1 aliphatic rings. The Bertz CT molecular complexity index is 1290. The zero-order chi connectivity index (χ0) is 24.3. The summed E-state index contributed by atoms with van der Waals surface area (Å²) >= 11 is 5.92. The monoisotopic (exact) mass is 500 g/mol. The Morgan fingerprint density at radius 2 is 1.85 bits per heavy atom. The molecule has 0 saturated heterocycles. The van der Waals surface area contributed by atoms with Gasteiger partial charge >= 0.3 is 0 Å². The van der Waals surface area contributed by atoms with Gasteiger partial charge < -0.3 is 14.8 Å². The maximum Gasteiger partial charge on any atom is 0.264 e. The summed E-state index contributed by atoms with van der Waals surface area (Å²) in [6, 6.07) is 18.5. The normalized spacial score (nSPS) is 15.3. The third-order valence-corrected chi connectivity index (χ3v) is 7.46. The molecule has 1 aliphatic heterocycles. The van der Waals surface area contributed by atoms with Gasteiger partial charge in [-0.1, -0.05) is 41.4 Å². The lowest BCUT2D eigenvalue weighted by Crippen LogP contribution is -2.51. The third-order valence-electron chi connectivity index (χ3n) is 5.42. The van der Waals surface area contributed by atoms with Crippen LogP contribution in [0.5, 0.6) is 11.5 Å². The van der Waals surface area contributed by atoms with Gasteiger partial charge in [0, 0.05) is 5.02 Å². The van der Waals surface area contributed by atoms with E-state index in [-0.39, 0.29) is 24.6 Å². The van der Waals surface area contributed by atoms with E-state index in [1.807, 2.05) is 32.0 Å². The van der Waals surface area contributed by atoms with Crippen molar-refractivity contribution < 1.29 is 22.7 Å². The highest BCUT2D eigenvalue weighted by Gasteiger charge is 2.37. The molecular formula is C25H25ClN2O5S. The number of fused-ring (bicyclic) bond motifs is 1. The summed E-state index contributed by atoms with van der Waals surface area (Å²) in [6.45, 7) is 4.33. The Morgan fingerprint density at radius 1 is 1.12 bits per heavy atom. The van der Waals surface area contributed by atoms with Crippen LogP contribution in [0, 0.1) is 13.8 Å². The minimum absolute atomic E-state index is 0.0784. The lowest BCUT2D eigenvalue weighted by Gasteiger charge is -2.34. The number of hydrogen-bond acceptors (Lipinski definition) is 5. The average Bonchev–Trinajstić information content (AvgIpc) is 2.82. The van der Waals surface area contributed by atoms with Crippen LogP contribution in [0.25, 0.3) is 0 Å². The van der Waals surface area contributed by atoms with E-state index in [1.165, 1.54) is 28.6 Å². The fraction of sp³-hybridized carbons (Fsp3) is 0.240. The number of benzene rings is 3. The van der Waals surface area contributed by atoms with E-state index in [4.69, 9.17) is 21.1 Å². The Labute approximate surface area is 204 Å². The molecule has 0 radical (unpaired) electrons. The van der Waals surface area contributed by atoms with E-state index in [0.717, 1.165) is 16.9 Å². The number of nitrogens with zero attached hydrogens (tertiary/aromatic N) is 1. The second kappa shape index (κ2) is 9.95. The molecule has 9 heteroatoms. The van der Waals surface area contributed by atoms with Gasteiger partial charge in [0.25, 0.3) is 15.9 Å². The third kappa shape index (κ3) is 5.13. The van der Waals surface area contributed by atoms with Crippen LogP contribution in [-0.2, 0) is 14.8 Å². The molecule has 0 spiro atoms. The number of carbonyl (C=O) groups is 1. The first-order chi connectivity index (χ1) is 16.3. The quantitative estimate of drug-likeness (QED) is 0.493. The highest BCUT2D eigenvalue weighted by Crippen LogP contribution is 2.37. The molecule has 3 aromatic rings. The molecule has 1 amide bonds. The molecule has 0 fully saturated rings. The van der Waals surface area contributed by atoms with Crippen molar-refractivity contribution in [3.63, 3.8) is 0 Å². The molecule has 0 aliphatic carbocycles. The summed E-state index contributed by atoms with van der Waals surface area (Å²) in [5.74, 6) is 0.649. The van der Waals surface area contributed by atoms with Gasteiger partial charge in [-0.05, 0) is 61.9 Å². The second-order valence-electron chi connectivity index (χ2n) is 7.97. The number of ether oxygens (including phenoxy) is 2. The van der Waals surface area contributed by atoms with Crippen molar-refractivity contribution in [3.8, 4) is 11.5 Å². The number of amides is 1. The molecule has 34 heavy (non-hydrogen) atoms. The highest BCUT2D eigenvalue weighted by molar-refractivity contribution is 7.92. The Morgan fingerprint density at radius 3 is 2.59 bits per heavy atom. The predicted molar refractivity (Wildman–Crippen MR) is 131 cm³/mol. The molecule has 1 heterocycles. The molecule has 4 rings (SSSR count). The van der Waals surface area contributed by atoms with Crippen molar-refractivity contribution in [2.24, 2.45) is 0 Å². The Balaban J connectivity index is 1.45. The summed E-state index contributed by atoms with van der Waals surface area (Å²) < 4.78 is 39.6. The van der Waals surface area contributed by atoms with E-state index < -0.39 is 22.0 Å². The van der Waals surface area contributed by atoms with Crippen molar-refractivity contribution >= 4 is 33.2 Å². The molecule has 1 N–H and O–H groups in total. The summed E-state index contributed by atoms with van der Waals surface area (Å²) in [4.78, 5) is 12.9. The standard InChI is InChI=1S/C25H25ClN2O5S/c1-17-7-12-22(18(2)15-17)32-14-13-27-25(29)24-16-28(21-5-3-4-6-23(21)33-24)34(30,31)20-10-8-19(26)9-11-20/h3-12,15,24H,13-14,16H2,1-2H3,(H,27,29)/t24-/m1/s1. The number of sulfonamides is 1. The van der Waals surface area contributed by atoms with Crippen LogP contribution < -0.4 is 19.1 Å². The van der Waals surface area contributed by atoms with Crippen LogP contribution in [0.15, 0.2) is 71.6 Å². The summed E-state index contributed by atoms with van der Waals surface area (Å²) in [5, 5.41) is 3.21. The molecule has 7 nitrogen and oxygen atoms in total. The molecule has 178 valence electrons. The number of carbonyl (C=O) groups excluding carboxylic acids is 1. The van der Waals surface area contributed by atoms with Crippen LogP contribution >= 0.6 is 11.6 Å². The van der Waals surface area contributed by atoms with Gasteiger partial charge in [0.15, 0.2) is 6.10 Å². The topological polar surface area (TPSA) is 84.9 Å². The van der Waals surface area contributed by atoms with E-state index in [0.29, 0.717) is 16.5 Å². The SMILES string of the molecule is Cc1ccc(OCCNC(=O)[C@H]2CN(S(=O)(=O)c3ccc(Cl)cc3)c3ccccc3O2)c(C)c1. The Hall–Kier alpha value is -3.23. The van der Waals surface area contributed by atoms with Crippen LogP contribution in [-0.4, -0.2) is 40.1 Å². The van der Waals surface area contributed by atoms with Gasteiger partial charge in [-0.3, -0.25) is 9.10 Å². The minimum Gasteiger partial charge on any atom is -0.491 e. The molecule has 0 bridgehead atoms. The minimum atomic E-state index is -3.94. The molecule has 0 saturated carbocycles. The van der Waals surface area contributed by atoms with Crippen molar-refractivity contribution in [1.29, 1.82) is 0 Å². The zero-order valence-electron chi connectivity index (χ0n) is 18.8. The van der Waals surface area contributed by atoms with Gasteiger partial charge in [0.1, 0.15) is 18.1 Å². The first-order valence-electron chi connectivity index (χ1n) is 10.8. The largest absolute Gasteiger partial charge is 0.491 e. The van der Waals surface area contributed by atoms with Gasteiger partial charge in [0.2, 0.25) is 0 Å². The zero-order valence-corrected chi connectivity index (χ0v) is 20.4. The fourth-order valence-electron chi connectivity index (χ4n) is 3.71. The molecule has 3 aromatic carbocycles. The van der Waals surface area contributed by atoms with Gasteiger partial charge in [-0.25, -0.2) is 8.42 Å². The molecular weight excluding hydrogens is 476 g/mol. The number of nitrogens with one attached hydrogen (secondary N) is 1. The summed E-state index contributed by atoms with van der Waals surface area (Å²) in [5.41, 5.74) is 2.53. The highest BCUT2D eigenvalue weighted by atomic mass is 35.5. The smallest absolute Gasteiger partial charge is 0.264 e. The van der Waals surface area contributed by atoms with Crippen LogP contribution in [0.3, 0.4) is 0 Å². The van der Waals surface area contributed by atoms with Gasteiger partial charge in [-0.15, -0.1) is 0 Å². The Kier molecular flexibility index (Phi) is 7.00. The van der Waals surface area contributed by atoms with E-state index in [9.17, 15) is 13.2 Å². The fourth-order valence-corrected chi connectivity index (χ4v) is 5.31. The lowest BCUT2D eigenvalue weighted by atomic mass is 10.1. The summed E-state index contributed by atoms with van der Waals surface area (Å²) in [6.07, 6.45) is -1.02. The van der Waals surface area contributed by atoms with Crippen molar-refractivity contribution in [2.75, 3.05) is 24.0 Å². The van der Waals surface area contributed by atoms with E-state index in [2.05, 4.69) is 5.32 Å². The predicted octanol–water partition coefficient (Wildman–Crippen LogP) is 4.11. The second-order valence-corrected chi connectivity index (χ2v) is 10.3. The number of hydrogen-bond donors (Lipinski definition) is 1. The number of aryl methyl sites for hydroxylation is 2. The van der Waals surface area contributed by atoms with Gasteiger partial charge in [-0.2, -0.15) is 0 Å². The first kappa shape index (κ1) is 23.9. The molecule has 1 atom stereocenters. The van der Waals surface area contributed by atoms with Crippen molar-refractivity contribution in [3.05, 3.63) is 82.9 Å². The van der Waals surface area contributed by atoms with Gasteiger partial charge in [0.05, 0.1) is 23.7 Å². The van der Waals surface area contributed by atoms with Crippen molar-refractivity contribution in [1.82, 2.24) is 5.32 Å². The van der Waals surface area contributed by atoms with E-state index in [1.54, 1.807) is 24.3 Å². The van der Waals surface area contributed by atoms with Crippen LogP contribution in [0.4, 0.5) is 5.69 Å². The number of halogens is 1. The molecule has 0 aromatic heterocycles. The van der Waals surface area contributed by atoms with E-state index >= 15 is 0 Å². The lowest BCUT2D eigenvalue weighted by molar-refractivity contribution is -0.127. The maximum absolute atomic E-state index is 13.4. The van der Waals surface area contributed by atoms with Crippen LogP contribution in [0.1, 0.15) is 11.1 Å². The number of anilines is 1. The number of rotatable bonds is 7. The maximum atomic E-state index is 13.4. The molecule has 0 unspecified atom stereocenters. The average molecular weight is 501 g/mol. The van der Waals surface area contributed by atoms with Crippen LogP contribution in [0.2, 0.25) is 5.02 Å². The number of para-hydroxylation sites is 2. The summed E-state index contributed by atoms with van der Waals surface area (Å²) in [7, 11) is -3.94. The first-order valence-corrected chi connectivity index (χ1v) is 12.6. The van der Waals surface area contributed by atoms with Crippen molar-refractivity contribution in [2.45, 2.75) is 24.8 Å².